The van der Waals surface area contributed by atoms with Crippen LogP contribution in [0.15, 0.2) is 24.3 Å². The molecule has 7 heteroatoms. The van der Waals surface area contributed by atoms with Gasteiger partial charge < -0.3 is 25.4 Å². The minimum Gasteiger partial charge on any atom is -0.477 e. The number of H-pyrrole nitrogens is 1. The summed E-state index contributed by atoms with van der Waals surface area (Å²) in [5.74, 6) is -0.943. The Balaban J connectivity index is 1.84. The van der Waals surface area contributed by atoms with E-state index in [1.54, 1.807) is 25.1 Å². The van der Waals surface area contributed by atoms with Gasteiger partial charge >= 0.3 is 5.97 Å². The molecule has 6 atom stereocenters. The lowest BCUT2D eigenvalue weighted by Crippen LogP contribution is -2.19. The molecule has 1 aromatic rings. The van der Waals surface area contributed by atoms with Crippen LogP contribution >= 0.6 is 11.6 Å². The van der Waals surface area contributed by atoms with Gasteiger partial charge in [-0.25, -0.2) is 4.79 Å². The predicted molar refractivity (Wildman–Crippen MR) is 109 cm³/mol. The number of carboxylic acid groups (broad SMARTS) is 1. The van der Waals surface area contributed by atoms with Crippen LogP contribution in [0.3, 0.4) is 0 Å². The van der Waals surface area contributed by atoms with Crippen molar-refractivity contribution in [3.8, 4) is 0 Å². The molecule has 1 aliphatic carbocycles. The highest BCUT2D eigenvalue weighted by molar-refractivity contribution is 6.21. The van der Waals surface area contributed by atoms with Crippen LogP contribution in [0.1, 0.15) is 61.6 Å². The first-order valence-electron chi connectivity index (χ1n) is 10.1. The summed E-state index contributed by atoms with van der Waals surface area (Å²) in [6.07, 6.45) is 7.06. The highest BCUT2D eigenvalue weighted by Gasteiger charge is 2.39. The Hall–Kier alpha value is -1.34. The fraction of sp³-hybridized carbons (Fsp3) is 0.667. The fourth-order valence-corrected chi connectivity index (χ4v) is 4.42. The smallest absolute Gasteiger partial charge is 0.352 e. The number of nitrogens with one attached hydrogen (secondary N) is 1. The lowest BCUT2D eigenvalue weighted by atomic mass is 9.89. The number of aromatic carboxylic acids is 1. The van der Waals surface area contributed by atoms with Crippen LogP contribution in [0.5, 0.6) is 0 Å². The van der Waals surface area contributed by atoms with Gasteiger partial charge in [0.25, 0.3) is 0 Å². The molecular formula is C21H32ClNO5. The summed E-state index contributed by atoms with van der Waals surface area (Å²) >= 11 is 6.46. The van der Waals surface area contributed by atoms with Gasteiger partial charge in [-0.2, -0.15) is 0 Å². The Labute approximate surface area is 171 Å². The number of aliphatic hydroxyl groups is 3. The van der Waals surface area contributed by atoms with Crippen molar-refractivity contribution in [2.24, 2.45) is 11.8 Å². The Morgan fingerprint density at radius 2 is 2.07 bits per heavy atom. The number of rotatable bonds is 11. The van der Waals surface area contributed by atoms with Crippen LogP contribution in [0.2, 0.25) is 0 Å². The summed E-state index contributed by atoms with van der Waals surface area (Å²) in [5, 5.41) is 38.6. The minimum atomic E-state index is -0.969. The molecule has 0 saturated heterocycles. The Morgan fingerprint density at radius 1 is 1.32 bits per heavy atom. The Morgan fingerprint density at radius 3 is 2.71 bits per heavy atom. The average Bonchev–Trinajstić information content (AvgIpc) is 3.18. The van der Waals surface area contributed by atoms with Gasteiger partial charge in [-0.05, 0) is 69.9 Å². The second-order valence-electron chi connectivity index (χ2n) is 7.89. The molecule has 2 rings (SSSR count). The van der Waals surface area contributed by atoms with Crippen LogP contribution < -0.4 is 0 Å². The molecule has 6 nitrogen and oxygen atoms in total. The molecule has 1 saturated carbocycles. The van der Waals surface area contributed by atoms with Crippen molar-refractivity contribution < 1.29 is 25.2 Å². The van der Waals surface area contributed by atoms with Crippen molar-refractivity contribution in [3.05, 3.63) is 35.7 Å². The van der Waals surface area contributed by atoms with Gasteiger partial charge in [-0.3, -0.25) is 0 Å². The first-order chi connectivity index (χ1) is 13.3. The van der Waals surface area contributed by atoms with Crippen molar-refractivity contribution in [1.29, 1.82) is 0 Å². The zero-order valence-electron chi connectivity index (χ0n) is 16.3. The number of hydrogen-bond acceptors (Lipinski definition) is 4. The van der Waals surface area contributed by atoms with Crippen molar-refractivity contribution in [2.75, 3.05) is 0 Å². The summed E-state index contributed by atoms with van der Waals surface area (Å²) in [6.45, 7) is 1.73. The van der Waals surface area contributed by atoms with E-state index in [1.807, 2.05) is 6.08 Å². The zero-order valence-corrected chi connectivity index (χ0v) is 17.1. The molecule has 0 spiro atoms. The molecule has 5 N–H and O–H groups in total. The molecule has 0 bridgehead atoms. The summed E-state index contributed by atoms with van der Waals surface area (Å²) in [6, 6.07) is 3.35. The summed E-state index contributed by atoms with van der Waals surface area (Å²) in [5.41, 5.74) is 1.06. The largest absolute Gasteiger partial charge is 0.477 e. The number of carboxylic acids is 1. The number of hydrogen-bond donors (Lipinski definition) is 5. The van der Waals surface area contributed by atoms with Gasteiger partial charge in [0, 0.05) is 17.0 Å². The topological polar surface area (TPSA) is 114 Å². The van der Waals surface area contributed by atoms with E-state index in [0.717, 1.165) is 31.4 Å². The van der Waals surface area contributed by atoms with Gasteiger partial charge in [-0.15, -0.1) is 11.6 Å². The molecule has 1 heterocycles. The molecular weight excluding hydrogens is 382 g/mol. The van der Waals surface area contributed by atoms with E-state index in [-0.39, 0.29) is 29.0 Å². The summed E-state index contributed by atoms with van der Waals surface area (Å²) in [7, 11) is 0. The molecule has 1 fully saturated rings. The monoisotopic (exact) mass is 413 g/mol. The number of alkyl halides is 1. The first kappa shape index (κ1) is 22.9. The van der Waals surface area contributed by atoms with Crippen LogP contribution in [0.25, 0.3) is 0 Å². The summed E-state index contributed by atoms with van der Waals surface area (Å²) in [4.78, 5) is 13.8. The average molecular weight is 414 g/mol. The maximum absolute atomic E-state index is 10.9. The number of carbonyl (C=O) groups is 1. The lowest BCUT2D eigenvalue weighted by molar-refractivity contribution is 0.0691. The molecule has 1 aromatic heterocycles. The lowest BCUT2D eigenvalue weighted by Gasteiger charge is -2.21. The van der Waals surface area contributed by atoms with Crippen LogP contribution in [0.4, 0.5) is 0 Å². The van der Waals surface area contributed by atoms with Gasteiger partial charge in [0.1, 0.15) is 5.69 Å². The second kappa shape index (κ2) is 11.0. The number of halogens is 1. The van der Waals surface area contributed by atoms with E-state index < -0.39 is 18.2 Å². The molecule has 0 radical (unpaired) electrons. The number of aliphatic hydroxyl groups excluding tert-OH is 3. The van der Waals surface area contributed by atoms with Crippen LogP contribution in [-0.4, -0.2) is 55.1 Å². The van der Waals surface area contributed by atoms with E-state index in [2.05, 4.69) is 4.98 Å². The maximum Gasteiger partial charge on any atom is 0.352 e. The van der Waals surface area contributed by atoms with E-state index in [0.29, 0.717) is 19.3 Å². The number of aromatic nitrogens is 1. The van der Waals surface area contributed by atoms with Crippen molar-refractivity contribution in [3.63, 3.8) is 0 Å². The fourth-order valence-electron chi connectivity index (χ4n) is 3.95. The predicted octanol–water partition coefficient (Wildman–Crippen LogP) is 3.11. The molecule has 0 aliphatic heterocycles. The quantitative estimate of drug-likeness (QED) is 0.282. The van der Waals surface area contributed by atoms with Gasteiger partial charge in [0.05, 0.1) is 18.3 Å². The van der Waals surface area contributed by atoms with Gasteiger partial charge in [0.15, 0.2) is 0 Å². The third-order valence-electron chi connectivity index (χ3n) is 5.51. The molecule has 1 aliphatic rings. The van der Waals surface area contributed by atoms with E-state index >= 15 is 0 Å². The molecule has 158 valence electrons. The third kappa shape index (κ3) is 6.92. The zero-order chi connectivity index (χ0) is 20.7. The highest BCUT2D eigenvalue weighted by Crippen LogP contribution is 2.40. The maximum atomic E-state index is 10.9. The standard InChI is InChI=1S/C21H32ClNO5/c1-13(24)4-2-6-15(25)9-10-17-16(18(22)12-20(17)26)7-3-5-14-8-11-19(23-14)21(27)28/h8-11,13,15-18,20,23-26H,2-7,12H2,1H3,(H,27,28)/b10-9+/t13-,15+,16-,17-,18-,20-/m1/s1. The normalized spacial score (nSPS) is 27.3. The summed E-state index contributed by atoms with van der Waals surface area (Å²) < 4.78 is 0. The highest BCUT2D eigenvalue weighted by atomic mass is 35.5. The Kier molecular flexibility index (Phi) is 9.02. The molecule has 28 heavy (non-hydrogen) atoms. The molecule has 0 aromatic carbocycles. The van der Waals surface area contributed by atoms with Crippen molar-refractivity contribution in [1.82, 2.24) is 4.98 Å². The van der Waals surface area contributed by atoms with Gasteiger partial charge in [0.2, 0.25) is 0 Å². The number of aryl methyl sites for hydroxylation is 1. The Bertz CT molecular complexity index is 644. The molecule has 0 unspecified atom stereocenters. The van der Waals surface area contributed by atoms with E-state index in [1.165, 1.54) is 0 Å². The van der Waals surface area contributed by atoms with Gasteiger partial charge in [-0.1, -0.05) is 12.2 Å². The van der Waals surface area contributed by atoms with E-state index in [4.69, 9.17) is 16.7 Å². The van der Waals surface area contributed by atoms with Crippen LogP contribution in [0, 0.1) is 11.8 Å². The minimum absolute atomic E-state index is 0.0906. The van der Waals surface area contributed by atoms with Crippen LogP contribution in [-0.2, 0) is 6.42 Å². The first-order valence-corrected chi connectivity index (χ1v) is 10.5. The van der Waals surface area contributed by atoms with Crippen molar-refractivity contribution in [2.45, 2.75) is 75.6 Å². The van der Waals surface area contributed by atoms with Crippen molar-refractivity contribution >= 4 is 17.6 Å². The molecule has 0 amide bonds. The van der Waals surface area contributed by atoms with E-state index in [9.17, 15) is 20.1 Å². The second-order valence-corrected chi connectivity index (χ2v) is 8.45. The number of aromatic amines is 1. The third-order valence-corrected chi connectivity index (χ3v) is 6.01. The SMILES string of the molecule is C[C@@H](O)CCC[C@H](O)/C=C/[C@@H]1[C@@H](CCCc2ccc(C(=O)O)[nH]2)[C@H](Cl)C[C@H]1O.